The third kappa shape index (κ3) is 4.74. The van der Waals surface area contributed by atoms with Crippen molar-refractivity contribution in [1.29, 1.82) is 0 Å². The molecule has 5 heavy (non-hydrogen) atoms. The summed E-state index contributed by atoms with van der Waals surface area (Å²) in [6, 6.07) is 0. The monoisotopic (exact) mass is 113 g/mol. The molecule has 0 aromatic carbocycles. The summed E-state index contributed by atoms with van der Waals surface area (Å²) in [4.78, 5) is 15.7. The van der Waals surface area contributed by atoms with E-state index in [4.69, 9.17) is 15.3 Å². The van der Waals surface area contributed by atoms with E-state index >= 15 is 0 Å². The van der Waals surface area contributed by atoms with E-state index in [1.807, 2.05) is 0 Å². The lowest BCUT2D eigenvalue weighted by molar-refractivity contribution is 0.505. The highest BCUT2D eigenvalue weighted by atomic mass is 32.1. The molecule has 0 spiro atoms. The van der Waals surface area contributed by atoms with E-state index in [1.54, 1.807) is 0 Å². The summed E-state index contributed by atoms with van der Waals surface area (Å²) in [5, 5.41) is 0. The predicted molar refractivity (Wildman–Crippen MR) is 23.9 cm³/mol. The third-order valence-electron chi connectivity index (χ3n) is 0.115. The lowest BCUT2D eigenvalue weighted by Crippen LogP contribution is -1.66. The van der Waals surface area contributed by atoms with Crippen molar-refractivity contribution >= 4 is 16.5 Å². The van der Waals surface area contributed by atoms with Crippen molar-refractivity contribution < 1.29 is 9.79 Å². The molecule has 1 atom stereocenters. The van der Waals surface area contributed by atoms with Crippen molar-refractivity contribution in [3.8, 4) is 0 Å². The van der Waals surface area contributed by atoms with Crippen molar-refractivity contribution in [1.82, 2.24) is 0 Å². The summed E-state index contributed by atoms with van der Waals surface area (Å²) >= 11 is 0. The van der Waals surface area contributed by atoms with Crippen LogP contribution < -0.4 is 5.50 Å². The molecule has 0 heterocycles. The van der Waals surface area contributed by atoms with Gasteiger partial charge in [0.15, 0.2) is 0 Å². The van der Waals surface area contributed by atoms with Crippen molar-refractivity contribution in [2.24, 2.45) is 5.50 Å². The Kier molecular flexibility index (Phi) is 3.39. The topological polar surface area (TPSA) is 66.5 Å². The molecule has 0 saturated heterocycles. The van der Waals surface area contributed by atoms with Crippen LogP contribution in [-0.4, -0.2) is 9.79 Å². The Balaban J connectivity index is 2.54. The summed E-state index contributed by atoms with van der Waals surface area (Å²) in [6.45, 7) is 0. The molecule has 0 bridgehead atoms. The zero-order valence-corrected chi connectivity index (χ0v) is 4.31. The van der Waals surface area contributed by atoms with Gasteiger partial charge in [0.1, 0.15) is 0 Å². The van der Waals surface area contributed by atoms with Gasteiger partial charge in [-0.05, 0) is 0 Å². The van der Waals surface area contributed by atoms with Gasteiger partial charge in [0.25, 0.3) is 0 Å². The van der Waals surface area contributed by atoms with Gasteiger partial charge in [0.2, 0.25) is 8.06 Å². The summed E-state index contributed by atoms with van der Waals surface area (Å²) in [5.74, 6) is 0. The molecule has 0 aromatic rings. The van der Waals surface area contributed by atoms with E-state index in [-0.39, 0.29) is 8.42 Å². The van der Waals surface area contributed by atoms with Crippen LogP contribution in [0.3, 0.4) is 0 Å². The highest BCUT2D eigenvalue weighted by Gasteiger charge is 1.85. The van der Waals surface area contributed by atoms with Crippen LogP contribution in [0.25, 0.3) is 0 Å². The maximum absolute atomic E-state index is 7.87. The van der Waals surface area contributed by atoms with Crippen LogP contribution in [0.2, 0.25) is 0 Å². The Morgan fingerprint density at radius 2 is 1.80 bits per heavy atom. The van der Waals surface area contributed by atoms with Crippen LogP contribution in [0.4, 0.5) is 0 Å². The maximum atomic E-state index is 7.87. The predicted octanol–water partition coefficient (Wildman–Crippen LogP) is -0.250. The molecule has 0 radical (unpaired) electrons. The van der Waals surface area contributed by atoms with Gasteiger partial charge < -0.3 is 15.3 Å². The molecule has 0 saturated carbocycles. The Bertz CT molecular complexity index is 21.6. The van der Waals surface area contributed by atoms with E-state index in [2.05, 4.69) is 0 Å². The number of rotatable bonds is 1. The smallest absolute Gasteiger partial charge is 0.202 e. The molecule has 0 amide bonds. The summed E-state index contributed by atoms with van der Waals surface area (Å²) < 4.78 is 0. The van der Waals surface area contributed by atoms with Gasteiger partial charge in [-0.1, -0.05) is 0 Å². The molecule has 3 nitrogen and oxygen atoms in total. The Labute approximate surface area is 32.8 Å². The van der Waals surface area contributed by atoms with E-state index < -0.39 is 8.06 Å². The second-order valence-corrected chi connectivity index (χ2v) is 3.23. The first kappa shape index (κ1) is 5.74. The molecule has 0 aromatic heterocycles. The molecule has 4 N–H and O–H groups in total. The highest BCUT2D eigenvalue weighted by Crippen LogP contribution is 2.40. The van der Waals surface area contributed by atoms with Crippen LogP contribution in [0.15, 0.2) is 0 Å². The Morgan fingerprint density at radius 3 is 1.80 bits per heavy atom. The molecule has 0 aliphatic rings. The minimum absolute atomic E-state index is 0.210. The highest BCUT2D eigenvalue weighted by molar-refractivity contribution is 8.14. The molecule has 0 fully saturated rings. The summed E-state index contributed by atoms with van der Waals surface area (Å²) in [5.41, 5.74) is 4.73. The standard InChI is InChI=1S/H5NO2P2/c1-4-5(2)3/h2-4H,1H2. The first-order chi connectivity index (χ1) is 2.27. The number of hydrogen-bond donors (Lipinski definition) is 3. The molecule has 0 aliphatic carbocycles. The quantitative estimate of drug-likeness (QED) is 0.411. The van der Waals surface area contributed by atoms with E-state index in [0.717, 1.165) is 0 Å². The van der Waals surface area contributed by atoms with Crippen LogP contribution in [0.5, 0.6) is 0 Å². The lowest BCUT2D eigenvalue weighted by Gasteiger charge is -1.88. The number of nitrogens with two attached hydrogens (primary N) is 1. The van der Waals surface area contributed by atoms with Gasteiger partial charge in [0, 0.05) is 8.42 Å². The second kappa shape index (κ2) is 2.95. The van der Waals surface area contributed by atoms with Crippen LogP contribution in [-0.2, 0) is 0 Å². The molecule has 5 heteroatoms. The summed E-state index contributed by atoms with van der Waals surface area (Å²) in [6.07, 6.45) is 0. The maximum Gasteiger partial charge on any atom is 0.202 e. The Morgan fingerprint density at radius 1 is 1.60 bits per heavy atom. The van der Waals surface area contributed by atoms with Gasteiger partial charge in [0.05, 0.1) is 0 Å². The van der Waals surface area contributed by atoms with Gasteiger partial charge >= 0.3 is 0 Å². The van der Waals surface area contributed by atoms with Crippen molar-refractivity contribution in [3.63, 3.8) is 0 Å². The van der Waals surface area contributed by atoms with Crippen molar-refractivity contribution in [2.45, 2.75) is 0 Å². The molecule has 0 aliphatic heterocycles. The molecule has 1 unspecified atom stereocenters. The first-order valence-electron chi connectivity index (χ1n) is 0.912. The van der Waals surface area contributed by atoms with Crippen LogP contribution in [0, 0.1) is 0 Å². The van der Waals surface area contributed by atoms with Crippen LogP contribution >= 0.6 is 16.5 Å². The third-order valence-corrected chi connectivity index (χ3v) is 1.04. The average molecular weight is 113 g/mol. The zero-order valence-electron chi connectivity index (χ0n) is 2.42. The van der Waals surface area contributed by atoms with Crippen molar-refractivity contribution in [3.05, 3.63) is 0 Å². The first-order valence-corrected chi connectivity index (χ1v) is 4.08. The number of hydrogen-bond acceptors (Lipinski definition) is 3. The van der Waals surface area contributed by atoms with Gasteiger partial charge in [-0.25, -0.2) is 0 Å². The fourth-order valence-corrected chi connectivity index (χ4v) is 0. The minimum Gasteiger partial charge on any atom is -0.346 e. The SMILES string of the molecule is NPP(O)O. The van der Waals surface area contributed by atoms with Gasteiger partial charge in [-0.2, -0.15) is 0 Å². The summed E-state index contributed by atoms with van der Waals surface area (Å²) in [7, 11) is -2.00. The molecular formula is H5NO2P2. The lowest BCUT2D eigenvalue weighted by atomic mass is 13.9. The minimum atomic E-state index is -1.79. The van der Waals surface area contributed by atoms with Crippen LogP contribution in [0.1, 0.15) is 0 Å². The zero-order chi connectivity index (χ0) is 4.28. The fraction of sp³-hybridized carbons (Fsp3) is 0. The molecule has 32 valence electrons. The van der Waals surface area contributed by atoms with Crippen molar-refractivity contribution in [2.75, 3.05) is 0 Å². The van der Waals surface area contributed by atoms with E-state index in [1.165, 1.54) is 0 Å². The molecule has 0 rings (SSSR count). The fourth-order valence-electron chi connectivity index (χ4n) is 0. The van der Waals surface area contributed by atoms with E-state index in [0.29, 0.717) is 0 Å². The largest absolute Gasteiger partial charge is 0.346 e. The normalized spacial score (nSPS) is 12.0. The second-order valence-electron chi connectivity index (χ2n) is 0.419. The van der Waals surface area contributed by atoms with Gasteiger partial charge in [-0.15, -0.1) is 0 Å². The molecular weight excluding hydrogens is 108 g/mol. The Hall–Kier alpha value is 0.740. The van der Waals surface area contributed by atoms with E-state index in [9.17, 15) is 0 Å². The average Bonchev–Trinajstić information content (AvgIpc) is 1.38. The van der Waals surface area contributed by atoms with Gasteiger partial charge in [-0.3, -0.25) is 0 Å².